The summed E-state index contributed by atoms with van der Waals surface area (Å²) in [6.07, 6.45) is -3.27. The Morgan fingerprint density at radius 3 is 2.11 bits per heavy atom. The van der Waals surface area contributed by atoms with Crippen molar-refractivity contribution in [2.24, 2.45) is 0 Å². The van der Waals surface area contributed by atoms with Gasteiger partial charge in [0, 0.05) is 39.5 Å². The molecule has 2 amide bonds. The summed E-state index contributed by atoms with van der Waals surface area (Å²) in [5, 5.41) is 13.8. The van der Waals surface area contributed by atoms with Crippen LogP contribution in [0.1, 0.15) is 50.1 Å². The van der Waals surface area contributed by atoms with Gasteiger partial charge in [-0.3, -0.25) is 14.9 Å². The van der Waals surface area contributed by atoms with Crippen LogP contribution in [0.15, 0.2) is 84.9 Å². The number of nitrogens with one attached hydrogen (secondary N) is 2. The Morgan fingerprint density at radius 1 is 0.811 bits per heavy atom. The number of aromatic amines is 1. The number of fused-ring (bicyclic) bond motifs is 10. The van der Waals surface area contributed by atoms with Crippen LogP contribution in [0.25, 0.3) is 43.6 Å². The maximum absolute atomic E-state index is 15.4. The van der Waals surface area contributed by atoms with Crippen molar-refractivity contribution in [3.63, 3.8) is 0 Å². The first-order valence-electron chi connectivity index (χ1n) is 17.2. The number of aliphatic hydroxyl groups is 1. The van der Waals surface area contributed by atoms with Crippen molar-refractivity contribution in [3.05, 3.63) is 130 Å². The molecular formula is C41H32F3N3O6. The number of nitrogens with zero attached hydrogens (tertiary/aromatic N) is 1. The first kappa shape index (κ1) is 33.3. The smallest absolute Gasteiger partial charge is 0.259 e. The molecule has 3 N–H and O–H groups in total. The Labute approximate surface area is 299 Å². The van der Waals surface area contributed by atoms with Crippen LogP contribution >= 0.6 is 0 Å². The van der Waals surface area contributed by atoms with Crippen LogP contribution in [0, 0.1) is 24.4 Å². The molecule has 0 aliphatic carbocycles. The van der Waals surface area contributed by atoms with Gasteiger partial charge in [0.05, 0.1) is 59.7 Å². The molecule has 4 heterocycles. The van der Waals surface area contributed by atoms with E-state index in [9.17, 15) is 14.7 Å². The molecule has 4 unspecified atom stereocenters. The van der Waals surface area contributed by atoms with Gasteiger partial charge in [-0.1, -0.05) is 60.7 Å². The number of aryl methyl sites for hydroxylation is 1. The minimum Gasteiger partial charge on any atom is -0.394 e. The second kappa shape index (κ2) is 12.8. The lowest BCUT2D eigenvalue weighted by Crippen LogP contribution is -2.49. The lowest BCUT2D eigenvalue weighted by atomic mass is 9.96. The van der Waals surface area contributed by atoms with E-state index in [1.54, 1.807) is 17.6 Å². The van der Waals surface area contributed by atoms with Crippen LogP contribution in [-0.4, -0.2) is 51.4 Å². The number of carbonyl (C=O) groups excluding carboxylic acids is 2. The number of hydrogen-bond acceptors (Lipinski definition) is 6. The van der Waals surface area contributed by atoms with E-state index < -0.39 is 53.8 Å². The van der Waals surface area contributed by atoms with Crippen molar-refractivity contribution in [2.45, 2.75) is 51.1 Å². The molecule has 0 bridgehead atoms. The number of aliphatic hydroxyl groups excluding tert-OH is 1. The summed E-state index contributed by atoms with van der Waals surface area (Å²) in [5.41, 5.74) is 3.26. The van der Waals surface area contributed by atoms with Crippen molar-refractivity contribution in [1.29, 1.82) is 0 Å². The molecule has 53 heavy (non-hydrogen) atoms. The largest absolute Gasteiger partial charge is 0.394 e. The van der Waals surface area contributed by atoms with E-state index in [0.29, 0.717) is 22.0 Å². The highest BCUT2D eigenvalue weighted by atomic mass is 19.2. The quantitative estimate of drug-likeness (QED) is 0.140. The summed E-state index contributed by atoms with van der Waals surface area (Å²) in [4.78, 5) is 30.5. The number of hydrogen-bond donors (Lipinski definition) is 3. The lowest BCUT2D eigenvalue weighted by molar-refractivity contribution is -0.235. The number of H-pyrrole nitrogens is 1. The van der Waals surface area contributed by atoms with Crippen LogP contribution in [0.3, 0.4) is 0 Å². The van der Waals surface area contributed by atoms with Crippen molar-refractivity contribution >= 4 is 55.4 Å². The van der Waals surface area contributed by atoms with Gasteiger partial charge in [-0.05, 0) is 41.8 Å². The molecule has 2 aromatic heterocycles. The number of benzene rings is 5. The molecule has 0 saturated carbocycles. The summed E-state index contributed by atoms with van der Waals surface area (Å²) in [7, 11) is 0. The van der Waals surface area contributed by atoms with Gasteiger partial charge in [-0.2, -0.15) is 0 Å². The highest BCUT2D eigenvalue weighted by Crippen LogP contribution is 2.47. The van der Waals surface area contributed by atoms with E-state index in [2.05, 4.69) is 10.3 Å². The predicted molar refractivity (Wildman–Crippen MR) is 191 cm³/mol. The average molecular weight is 720 g/mol. The Morgan fingerprint density at radius 2 is 1.43 bits per heavy atom. The molecular weight excluding hydrogens is 687 g/mol. The number of halogens is 3. The Bertz CT molecular complexity index is 2610. The lowest BCUT2D eigenvalue weighted by Gasteiger charge is -2.42. The normalized spacial score (nSPS) is 20.2. The van der Waals surface area contributed by atoms with Gasteiger partial charge in [0.1, 0.15) is 11.9 Å². The van der Waals surface area contributed by atoms with E-state index in [1.165, 1.54) is 6.07 Å². The minimum absolute atomic E-state index is 0.00506. The second-order valence-electron chi connectivity index (χ2n) is 13.6. The fourth-order valence-electron chi connectivity index (χ4n) is 7.89. The minimum atomic E-state index is -1.16. The van der Waals surface area contributed by atoms with E-state index in [0.717, 1.165) is 23.3 Å². The Balaban J connectivity index is 1.35. The van der Waals surface area contributed by atoms with Crippen molar-refractivity contribution in [1.82, 2.24) is 14.9 Å². The molecule has 0 spiro atoms. The number of carbonyl (C=O) groups is 2. The van der Waals surface area contributed by atoms with Crippen LogP contribution in [0.4, 0.5) is 13.2 Å². The van der Waals surface area contributed by atoms with Crippen molar-refractivity contribution in [2.75, 3.05) is 6.61 Å². The van der Waals surface area contributed by atoms with E-state index >= 15 is 13.2 Å². The van der Waals surface area contributed by atoms with Crippen molar-refractivity contribution < 1.29 is 42.1 Å². The molecule has 5 aromatic carbocycles. The van der Waals surface area contributed by atoms with Crippen LogP contribution in [0.5, 0.6) is 0 Å². The first-order valence-corrected chi connectivity index (χ1v) is 17.2. The fourth-order valence-corrected chi connectivity index (χ4v) is 7.89. The Kier molecular flexibility index (Phi) is 8.08. The summed E-state index contributed by atoms with van der Waals surface area (Å²) in [6.45, 7) is 1.56. The van der Waals surface area contributed by atoms with Gasteiger partial charge >= 0.3 is 0 Å². The predicted octanol–water partition coefficient (Wildman–Crippen LogP) is 7.49. The van der Waals surface area contributed by atoms with Gasteiger partial charge in [-0.15, -0.1) is 0 Å². The number of aromatic nitrogens is 2. The standard InChI is InChI=1S/C41H32F3N3O6/c1-20-12-29-24(14-26(20)42)32-34-35(40(50)46-39(34)49)33-25-15-27(43)28(44)16-30(25)47(37(33)36(32)45-29)41-38(52-19-22-10-6-3-7-11-22)31(13-23(17-48)53-41)51-18-21-8-4-2-5-9-21/h2-12,14-16,23,31,38,41,45,48H,13,17-19H2,1H3,(H,46,49,50). The number of imide groups is 1. The maximum atomic E-state index is 15.4. The molecule has 9 nitrogen and oxygen atoms in total. The zero-order valence-corrected chi connectivity index (χ0v) is 28.3. The third-order valence-corrected chi connectivity index (χ3v) is 10.3. The van der Waals surface area contributed by atoms with Crippen LogP contribution < -0.4 is 5.32 Å². The molecule has 0 radical (unpaired) electrons. The summed E-state index contributed by atoms with van der Waals surface area (Å²) in [5.74, 6) is -4.27. The van der Waals surface area contributed by atoms with Gasteiger partial charge in [0.2, 0.25) is 0 Å². The molecule has 1 saturated heterocycles. The topological polar surface area (TPSA) is 115 Å². The number of rotatable bonds is 8. The van der Waals surface area contributed by atoms with Gasteiger partial charge in [0.25, 0.3) is 11.8 Å². The monoisotopic (exact) mass is 719 g/mol. The summed E-state index contributed by atoms with van der Waals surface area (Å²) >= 11 is 0. The van der Waals surface area contributed by atoms with Gasteiger partial charge in [0.15, 0.2) is 17.9 Å². The maximum Gasteiger partial charge on any atom is 0.259 e. The van der Waals surface area contributed by atoms with E-state index in [1.807, 2.05) is 60.7 Å². The number of amides is 2. The van der Waals surface area contributed by atoms with E-state index in [4.69, 9.17) is 14.2 Å². The summed E-state index contributed by atoms with van der Waals surface area (Å²) < 4.78 is 67.3. The zero-order valence-electron chi connectivity index (χ0n) is 28.3. The van der Waals surface area contributed by atoms with Crippen LogP contribution in [0.2, 0.25) is 0 Å². The SMILES string of the molecule is Cc1cc2[nH]c3c(c4c(c5c6cc(F)c(F)cc6n(C6OC(CO)CC(OCc7ccccc7)C6OCc6ccccc6)c35)C(=O)NC4=O)c2cc1F. The zero-order chi connectivity index (χ0) is 36.5. The highest BCUT2D eigenvalue weighted by molar-refractivity contribution is 6.39. The first-order chi connectivity index (χ1) is 25.7. The molecule has 1 fully saturated rings. The molecule has 2 aliphatic heterocycles. The van der Waals surface area contributed by atoms with E-state index in [-0.39, 0.29) is 64.6 Å². The third kappa shape index (κ3) is 5.40. The Hall–Kier alpha value is -5.53. The molecule has 4 atom stereocenters. The summed E-state index contributed by atoms with van der Waals surface area (Å²) in [6, 6.07) is 23.9. The second-order valence-corrected chi connectivity index (χ2v) is 13.6. The molecule has 2 aliphatic rings. The number of ether oxygens (including phenoxy) is 3. The van der Waals surface area contributed by atoms with Gasteiger partial charge in [-0.25, -0.2) is 13.2 Å². The average Bonchev–Trinajstić information content (AvgIpc) is 3.78. The van der Waals surface area contributed by atoms with Crippen LogP contribution in [-0.2, 0) is 27.4 Å². The fraction of sp³-hybridized carbons (Fsp3) is 0.220. The van der Waals surface area contributed by atoms with Gasteiger partial charge < -0.3 is 28.9 Å². The molecule has 12 heteroatoms. The highest BCUT2D eigenvalue weighted by Gasteiger charge is 2.44. The molecule has 268 valence electrons. The third-order valence-electron chi connectivity index (χ3n) is 10.3. The molecule has 7 aromatic rings. The van der Waals surface area contributed by atoms with Crippen molar-refractivity contribution in [3.8, 4) is 0 Å². The molecule has 9 rings (SSSR count).